The first kappa shape index (κ1) is 16.6. The maximum Gasteiger partial charge on any atom is 0.253 e. The zero-order valence-corrected chi connectivity index (χ0v) is 14.6. The maximum atomic E-state index is 13.0. The second-order valence-electron chi connectivity index (χ2n) is 5.75. The Morgan fingerprint density at radius 2 is 1.67 bits per heavy atom. The Balaban J connectivity index is 2.02. The summed E-state index contributed by atoms with van der Waals surface area (Å²) in [6.45, 7) is 1.26. The number of carbonyl (C=O) groups excluding carboxylic acids is 2. The third-order valence-corrected chi connectivity index (χ3v) is 4.69. The zero-order valence-electron chi connectivity index (χ0n) is 13.0. The van der Waals surface area contributed by atoms with Gasteiger partial charge in [-0.05, 0) is 31.0 Å². The van der Waals surface area contributed by atoms with Crippen LogP contribution in [0.4, 0.5) is 0 Å². The normalized spacial score (nSPS) is 15.3. The Morgan fingerprint density at radius 1 is 1.00 bits per heavy atom. The molecule has 124 valence electrons. The molecule has 1 amide bonds. The van der Waals surface area contributed by atoms with Crippen LogP contribution in [0.1, 0.15) is 29.2 Å². The lowest BCUT2D eigenvalue weighted by Crippen LogP contribution is -2.42. The van der Waals surface area contributed by atoms with E-state index in [0.717, 1.165) is 17.3 Å². The predicted molar refractivity (Wildman–Crippen MR) is 94.0 cm³/mol. The van der Waals surface area contributed by atoms with Crippen molar-refractivity contribution in [3.05, 3.63) is 69.1 Å². The molecule has 1 aliphatic rings. The van der Waals surface area contributed by atoms with Crippen molar-refractivity contribution < 1.29 is 9.59 Å². The number of rotatable bonds is 4. The molecule has 1 saturated heterocycles. The van der Waals surface area contributed by atoms with Gasteiger partial charge < -0.3 is 4.90 Å². The summed E-state index contributed by atoms with van der Waals surface area (Å²) in [5.41, 5.74) is 0.0482. The average Bonchev–Trinajstić information content (AvgIpc) is 3.12. The smallest absolute Gasteiger partial charge is 0.253 e. The molecule has 2 heterocycles. The number of hydrogen-bond donors (Lipinski definition) is 0. The largest absolute Gasteiger partial charge is 0.340 e. The SMILES string of the molecule is O=C(c1ccc(Br)cc1)[C@H](C(=O)N1CCCC1)n1ccccc1=O. The maximum absolute atomic E-state index is 13.0. The van der Waals surface area contributed by atoms with Crippen molar-refractivity contribution in [2.75, 3.05) is 13.1 Å². The molecule has 0 saturated carbocycles. The molecule has 24 heavy (non-hydrogen) atoms. The number of likely N-dealkylation sites (tertiary alicyclic amines) is 1. The average molecular weight is 389 g/mol. The van der Waals surface area contributed by atoms with E-state index in [9.17, 15) is 14.4 Å². The molecule has 1 atom stereocenters. The molecule has 2 aromatic rings. The van der Waals surface area contributed by atoms with Gasteiger partial charge >= 0.3 is 0 Å². The van der Waals surface area contributed by atoms with Gasteiger partial charge in [0.2, 0.25) is 0 Å². The molecule has 3 rings (SSSR count). The van der Waals surface area contributed by atoms with Crippen LogP contribution >= 0.6 is 15.9 Å². The molecule has 5 nitrogen and oxygen atoms in total. The van der Waals surface area contributed by atoms with Gasteiger partial charge in [0.05, 0.1) is 0 Å². The molecule has 0 radical (unpaired) electrons. The highest BCUT2D eigenvalue weighted by atomic mass is 79.9. The van der Waals surface area contributed by atoms with Crippen molar-refractivity contribution >= 4 is 27.6 Å². The first-order valence-electron chi connectivity index (χ1n) is 7.83. The van der Waals surface area contributed by atoms with Gasteiger partial charge in [0.1, 0.15) is 0 Å². The molecule has 1 aromatic carbocycles. The fraction of sp³-hybridized carbons (Fsp3) is 0.278. The molecule has 0 bridgehead atoms. The first-order valence-corrected chi connectivity index (χ1v) is 8.63. The highest BCUT2D eigenvalue weighted by Gasteiger charge is 2.34. The summed E-state index contributed by atoms with van der Waals surface area (Å²) in [7, 11) is 0. The molecule has 0 N–H and O–H groups in total. The van der Waals surface area contributed by atoms with E-state index >= 15 is 0 Å². The summed E-state index contributed by atoms with van der Waals surface area (Å²) < 4.78 is 2.07. The summed E-state index contributed by atoms with van der Waals surface area (Å²) in [5.74, 6) is -0.679. The van der Waals surface area contributed by atoms with Crippen LogP contribution in [0.15, 0.2) is 57.9 Å². The molecule has 0 spiro atoms. The van der Waals surface area contributed by atoms with E-state index in [-0.39, 0.29) is 17.2 Å². The van der Waals surface area contributed by atoms with Crippen LogP contribution in [0.5, 0.6) is 0 Å². The van der Waals surface area contributed by atoms with Crippen LogP contribution in [0.2, 0.25) is 0 Å². The number of nitrogens with zero attached hydrogens (tertiary/aromatic N) is 2. The second kappa shape index (κ2) is 7.13. The third-order valence-electron chi connectivity index (χ3n) is 4.16. The minimum atomic E-state index is -1.15. The van der Waals surface area contributed by atoms with Gasteiger partial charge in [-0.25, -0.2) is 0 Å². The number of pyridine rings is 1. The van der Waals surface area contributed by atoms with Gasteiger partial charge in [0.25, 0.3) is 11.5 Å². The number of Topliss-reactive ketones (excluding diaryl/α,β-unsaturated/α-hetero) is 1. The van der Waals surface area contributed by atoms with Gasteiger partial charge in [0.15, 0.2) is 11.8 Å². The Labute approximate surface area is 148 Å². The topological polar surface area (TPSA) is 59.4 Å². The second-order valence-corrected chi connectivity index (χ2v) is 6.67. The number of carbonyl (C=O) groups is 2. The van der Waals surface area contributed by atoms with Crippen molar-refractivity contribution in [1.29, 1.82) is 0 Å². The van der Waals surface area contributed by atoms with Crippen LogP contribution in [0.3, 0.4) is 0 Å². The van der Waals surface area contributed by atoms with Crippen molar-refractivity contribution in [3.8, 4) is 0 Å². The summed E-state index contributed by atoms with van der Waals surface area (Å²) in [6, 6.07) is 10.3. The van der Waals surface area contributed by atoms with Crippen LogP contribution in [-0.2, 0) is 4.79 Å². The Bertz CT molecular complexity index is 808. The minimum Gasteiger partial charge on any atom is -0.340 e. The lowest BCUT2D eigenvalue weighted by Gasteiger charge is -2.24. The molecular formula is C18H17BrN2O3. The number of aromatic nitrogens is 1. The molecule has 0 aliphatic carbocycles. The molecule has 1 aromatic heterocycles. The number of hydrogen-bond acceptors (Lipinski definition) is 3. The van der Waals surface area contributed by atoms with Crippen LogP contribution in [0.25, 0.3) is 0 Å². The summed E-state index contributed by atoms with van der Waals surface area (Å²) in [6.07, 6.45) is 3.35. The standard InChI is InChI=1S/C18H17BrN2O3/c19-14-8-6-13(7-9-14)17(23)16(18(24)20-10-3-4-11-20)21-12-2-1-5-15(21)22/h1-2,5-9,12,16H,3-4,10-11H2/t16-/m1/s1. The highest BCUT2D eigenvalue weighted by molar-refractivity contribution is 9.10. The van der Waals surface area contributed by atoms with Crippen molar-refractivity contribution in [2.45, 2.75) is 18.9 Å². The lowest BCUT2D eigenvalue weighted by atomic mass is 10.0. The quantitative estimate of drug-likeness (QED) is 0.597. The zero-order chi connectivity index (χ0) is 17.1. The number of ketones is 1. The molecule has 1 fully saturated rings. The van der Waals surface area contributed by atoms with Crippen LogP contribution in [-0.4, -0.2) is 34.2 Å². The van der Waals surface area contributed by atoms with Gasteiger partial charge in [-0.1, -0.05) is 34.1 Å². The first-order chi connectivity index (χ1) is 11.6. The molecular weight excluding hydrogens is 372 g/mol. The van der Waals surface area contributed by atoms with E-state index in [1.807, 2.05) is 0 Å². The van der Waals surface area contributed by atoms with E-state index in [4.69, 9.17) is 0 Å². The van der Waals surface area contributed by atoms with E-state index in [1.54, 1.807) is 41.3 Å². The summed E-state index contributed by atoms with van der Waals surface area (Å²) in [5, 5.41) is 0. The predicted octanol–water partition coefficient (Wildman–Crippen LogP) is 2.66. The van der Waals surface area contributed by atoms with Crippen LogP contribution < -0.4 is 5.56 Å². The molecule has 6 heteroatoms. The summed E-state index contributed by atoms with van der Waals surface area (Å²) >= 11 is 3.33. The minimum absolute atomic E-state index is 0.311. The molecule has 1 aliphatic heterocycles. The number of benzene rings is 1. The lowest BCUT2D eigenvalue weighted by molar-refractivity contribution is -0.132. The number of halogens is 1. The Morgan fingerprint density at radius 3 is 2.29 bits per heavy atom. The van der Waals surface area contributed by atoms with Gasteiger partial charge in [-0.15, -0.1) is 0 Å². The summed E-state index contributed by atoms with van der Waals surface area (Å²) in [4.78, 5) is 39.8. The van der Waals surface area contributed by atoms with Gasteiger partial charge in [-0.2, -0.15) is 0 Å². The van der Waals surface area contributed by atoms with Crippen LogP contribution in [0, 0.1) is 0 Å². The number of amides is 1. The van der Waals surface area contributed by atoms with Crippen molar-refractivity contribution in [3.63, 3.8) is 0 Å². The highest BCUT2D eigenvalue weighted by Crippen LogP contribution is 2.21. The van der Waals surface area contributed by atoms with Gasteiger partial charge in [0, 0.05) is 35.4 Å². The van der Waals surface area contributed by atoms with Gasteiger partial charge in [-0.3, -0.25) is 19.0 Å². The van der Waals surface area contributed by atoms with Crippen molar-refractivity contribution in [2.24, 2.45) is 0 Å². The monoisotopic (exact) mass is 388 g/mol. The Hall–Kier alpha value is -2.21. The fourth-order valence-corrected chi connectivity index (χ4v) is 3.16. The van der Waals surface area contributed by atoms with E-state index in [1.165, 1.54) is 16.8 Å². The Kier molecular flexibility index (Phi) is 4.94. The van der Waals surface area contributed by atoms with E-state index in [2.05, 4.69) is 15.9 Å². The third kappa shape index (κ3) is 3.33. The molecule has 0 unspecified atom stereocenters. The fourth-order valence-electron chi connectivity index (χ4n) is 2.89. The van der Waals surface area contributed by atoms with E-state index in [0.29, 0.717) is 18.7 Å². The van der Waals surface area contributed by atoms with E-state index < -0.39 is 6.04 Å². The van der Waals surface area contributed by atoms with Crippen molar-refractivity contribution in [1.82, 2.24) is 9.47 Å².